The third-order valence-corrected chi connectivity index (χ3v) is 4.31. The van der Waals surface area contributed by atoms with Gasteiger partial charge in [-0.2, -0.15) is 0 Å². The summed E-state index contributed by atoms with van der Waals surface area (Å²) < 4.78 is 7.78. The summed E-state index contributed by atoms with van der Waals surface area (Å²) in [5, 5.41) is 2.01. The monoisotopic (exact) mass is 323 g/mol. The van der Waals surface area contributed by atoms with Crippen molar-refractivity contribution < 1.29 is 4.42 Å². The number of imidazole rings is 1. The van der Waals surface area contributed by atoms with Crippen LogP contribution in [0.5, 0.6) is 0 Å². The van der Waals surface area contributed by atoms with E-state index in [1.807, 2.05) is 35.2 Å². The number of oxazole rings is 1. The van der Waals surface area contributed by atoms with Crippen LogP contribution in [-0.2, 0) is 6.54 Å². The molecule has 4 heterocycles. The summed E-state index contributed by atoms with van der Waals surface area (Å²) in [5.74, 6) is 2.24. The molecule has 0 aliphatic heterocycles. The molecule has 0 saturated heterocycles. The van der Waals surface area contributed by atoms with E-state index >= 15 is 0 Å². The van der Waals surface area contributed by atoms with Gasteiger partial charge in [0, 0.05) is 24.8 Å². The van der Waals surface area contributed by atoms with Gasteiger partial charge < -0.3 is 8.98 Å². The molecule has 0 unspecified atom stereocenters. The Morgan fingerprint density at radius 3 is 2.96 bits per heavy atom. The van der Waals surface area contributed by atoms with E-state index in [-0.39, 0.29) is 0 Å². The normalized spacial score (nSPS) is 11.0. The van der Waals surface area contributed by atoms with Crippen LogP contribution in [-0.4, -0.2) is 24.5 Å². The Bertz CT molecular complexity index is 911. The van der Waals surface area contributed by atoms with Crippen molar-refractivity contribution >= 4 is 11.3 Å². The van der Waals surface area contributed by atoms with Crippen LogP contribution in [0.2, 0.25) is 0 Å². The van der Waals surface area contributed by atoms with Crippen molar-refractivity contribution in [2.24, 2.45) is 0 Å². The molecular weight excluding hydrogens is 310 g/mol. The minimum absolute atomic E-state index is 0.576. The van der Waals surface area contributed by atoms with Crippen molar-refractivity contribution in [1.82, 2.24) is 24.5 Å². The van der Waals surface area contributed by atoms with E-state index in [0.717, 1.165) is 27.8 Å². The van der Waals surface area contributed by atoms with E-state index in [1.165, 1.54) is 0 Å². The number of hydrogen-bond donors (Lipinski definition) is 0. The molecule has 23 heavy (non-hydrogen) atoms. The second kappa shape index (κ2) is 5.77. The van der Waals surface area contributed by atoms with Crippen LogP contribution in [0, 0.1) is 6.92 Å². The lowest BCUT2D eigenvalue weighted by Crippen LogP contribution is -2.03. The maximum Gasteiger partial charge on any atom is 0.236 e. The summed E-state index contributed by atoms with van der Waals surface area (Å²) >= 11 is 1.61. The van der Waals surface area contributed by atoms with E-state index in [9.17, 15) is 0 Å². The maximum absolute atomic E-state index is 5.79. The number of rotatable bonds is 4. The van der Waals surface area contributed by atoms with E-state index in [4.69, 9.17) is 4.42 Å². The first-order valence-corrected chi connectivity index (χ1v) is 7.97. The Morgan fingerprint density at radius 2 is 2.17 bits per heavy atom. The van der Waals surface area contributed by atoms with Gasteiger partial charge in [0.15, 0.2) is 5.82 Å². The number of nitrogens with zero attached hydrogens (tertiary/aromatic N) is 5. The molecule has 0 amide bonds. The summed E-state index contributed by atoms with van der Waals surface area (Å²) in [6, 6.07) is 3.99. The van der Waals surface area contributed by atoms with Crippen molar-refractivity contribution in [2.45, 2.75) is 13.5 Å². The van der Waals surface area contributed by atoms with Crippen molar-refractivity contribution in [2.75, 3.05) is 0 Å². The lowest BCUT2D eigenvalue weighted by Gasteiger charge is -2.05. The standard InChI is InChI=1S/C16H13N5OS/c1-11-13(20-16(22-11)14-3-2-8-23-14)10-21-7-6-19-15(21)12-9-17-4-5-18-12/h2-9H,10H2,1H3. The molecule has 0 spiro atoms. The smallest absolute Gasteiger partial charge is 0.236 e. The molecule has 0 aliphatic rings. The molecule has 0 aliphatic carbocycles. The van der Waals surface area contributed by atoms with Gasteiger partial charge in [0.05, 0.1) is 17.6 Å². The molecule has 0 fully saturated rings. The summed E-state index contributed by atoms with van der Waals surface area (Å²) in [5.41, 5.74) is 1.62. The van der Waals surface area contributed by atoms with Crippen molar-refractivity contribution in [3.8, 4) is 22.3 Å². The van der Waals surface area contributed by atoms with Gasteiger partial charge in [0.2, 0.25) is 5.89 Å². The summed E-state index contributed by atoms with van der Waals surface area (Å²) in [4.78, 5) is 18.4. The predicted octanol–water partition coefficient (Wildman–Crippen LogP) is 3.41. The topological polar surface area (TPSA) is 69.6 Å². The zero-order chi connectivity index (χ0) is 15.6. The molecule has 4 rings (SSSR count). The van der Waals surface area contributed by atoms with Gasteiger partial charge >= 0.3 is 0 Å². The van der Waals surface area contributed by atoms with Crippen LogP contribution in [0.1, 0.15) is 11.5 Å². The first-order chi connectivity index (χ1) is 11.3. The number of hydrogen-bond acceptors (Lipinski definition) is 6. The van der Waals surface area contributed by atoms with Gasteiger partial charge in [-0.05, 0) is 18.4 Å². The fraction of sp³-hybridized carbons (Fsp3) is 0.125. The van der Waals surface area contributed by atoms with Crippen molar-refractivity contribution in [3.05, 3.63) is 60.0 Å². The average molecular weight is 323 g/mol. The van der Waals surface area contributed by atoms with Crippen LogP contribution in [0.4, 0.5) is 0 Å². The van der Waals surface area contributed by atoms with Gasteiger partial charge in [0.25, 0.3) is 0 Å². The largest absolute Gasteiger partial charge is 0.440 e. The van der Waals surface area contributed by atoms with Crippen LogP contribution in [0.15, 0.2) is 52.9 Å². The zero-order valence-electron chi connectivity index (χ0n) is 12.4. The highest BCUT2D eigenvalue weighted by Gasteiger charge is 2.15. The fourth-order valence-corrected chi connectivity index (χ4v) is 2.98. The molecule has 4 aromatic heterocycles. The fourth-order valence-electron chi connectivity index (χ4n) is 2.33. The van der Waals surface area contributed by atoms with E-state index in [1.54, 1.807) is 36.1 Å². The third-order valence-electron chi connectivity index (χ3n) is 3.45. The van der Waals surface area contributed by atoms with Crippen LogP contribution in [0.25, 0.3) is 22.3 Å². The number of aryl methyl sites for hydroxylation is 1. The highest BCUT2D eigenvalue weighted by Crippen LogP contribution is 2.26. The molecule has 0 aromatic carbocycles. The highest BCUT2D eigenvalue weighted by molar-refractivity contribution is 7.13. The van der Waals surface area contributed by atoms with Crippen LogP contribution >= 0.6 is 11.3 Å². The molecule has 0 bridgehead atoms. The van der Waals surface area contributed by atoms with Crippen LogP contribution in [0.3, 0.4) is 0 Å². The van der Waals surface area contributed by atoms with E-state index in [0.29, 0.717) is 12.4 Å². The lowest BCUT2D eigenvalue weighted by molar-refractivity contribution is 0.539. The first kappa shape index (κ1) is 13.8. The molecular formula is C16H13N5OS. The minimum atomic E-state index is 0.576. The van der Waals surface area contributed by atoms with Gasteiger partial charge in [-0.1, -0.05) is 6.07 Å². The van der Waals surface area contributed by atoms with Crippen LogP contribution < -0.4 is 0 Å². The Morgan fingerprint density at radius 1 is 1.22 bits per heavy atom. The molecule has 114 valence electrons. The SMILES string of the molecule is Cc1oc(-c2cccs2)nc1Cn1ccnc1-c1cnccn1. The second-order valence-corrected chi connectivity index (χ2v) is 5.92. The molecule has 0 N–H and O–H groups in total. The summed E-state index contributed by atoms with van der Waals surface area (Å²) in [6.45, 7) is 2.50. The second-order valence-electron chi connectivity index (χ2n) is 4.97. The molecule has 0 atom stereocenters. The highest BCUT2D eigenvalue weighted by atomic mass is 32.1. The molecule has 0 radical (unpaired) electrons. The third kappa shape index (κ3) is 2.66. The maximum atomic E-state index is 5.79. The van der Waals surface area contributed by atoms with E-state index < -0.39 is 0 Å². The lowest BCUT2D eigenvalue weighted by atomic mass is 10.3. The molecule has 7 heteroatoms. The first-order valence-electron chi connectivity index (χ1n) is 7.09. The van der Waals surface area contributed by atoms with Gasteiger partial charge in [0.1, 0.15) is 17.1 Å². The Hall–Kier alpha value is -2.80. The van der Waals surface area contributed by atoms with E-state index in [2.05, 4.69) is 19.9 Å². The average Bonchev–Trinajstić information content (AvgIpc) is 3.30. The van der Waals surface area contributed by atoms with Gasteiger partial charge in [-0.25, -0.2) is 15.0 Å². The summed E-state index contributed by atoms with van der Waals surface area (Å²) in [6.07, 6.45) is 8.66. The molecule has 0 saturated carbocycles. The Balaban J connectivity index is 1.66. The Kier molecular flexibility index (Phi) is 3.47. The molecule has 6 nitrogen and oxygen atoms in total. The van der Waals surface area contributed by atoms with Crippen molar-refractivity contribution in [1.29, 1.82) is 0 Å². The quantitative estimate of drug-likeness (QED) is 0.575. The zero-order valence-corrected chi connectivity index (χ0v) is 13.2. The van der Waals surface area contributed by atoms with Gasteiger partial charge in [-0.15, -0.1) is 11.3 Å². The van der Waals surface area contributed by atoms with Crippen molar-refractivity contribution in [3.63, 3.8) is 0 Å². The number of thiophene rings is 1. The molecule has 4 aromatic rings. The van der Waals surface area contributed by atoms with Gasteiger partial charge in [-0.3, -0.25) is 4.98 Å². The summed E-state index contributed by atoms with van der Waals surface area (Å²) in [7, 11) is 0. The Labute approximate surface area is 136 Å². The number of aromatic nitrogens is 5. The predicted molar refractivity (Wildman–Crippen MR) is 86.9 cm³/mol. The minimum Gasteiger partial charge on any atom is -0.440 e.